The number of hydrogen-bond acceptors (Lipinski definition) is 5. The molecular weight excluding hydrogens is 369 g/mol. The van der Waals surface area contributed by atoms with Gasteiger partial charge in [-0.1, -0.05) is 0 Å². The predicted molar refractivity (Wildman–Crippen MR) is 99.3 cm³/mol. The third-order valence-electron chi connectivity index (χ3n) is 5.07. The van der Waals surface area contributed by atoms with Crippen LogP contribution in [-0.4, -0.2) is 39.3 Å². The summed E-state index contributed by atoms with van der Waals surface area (Å²) in [6.07, 6.45) is -1.47. The van der Waals surface area contributed by atoms with Crippen molar-refractivity contribution < 1.29 is 13.2 Å². The van der Waals surface area contributed by atoms with E-state index in [9.17, 15) is 13.2 Å². The molecule has 0 spiro atoms. The van der Waals surface area contributed by atoms with E-state index < -0.39 is 17.6 Å². The second-order valence-electron chi connectivity index (χ2n) is 7.36. The summed E-state index contributed by atoms with van der Waals surface area (Å²) >= 11 is 0. The van der Waals surface area contributed by atoms with Crippen molar-refractivity contribution in [2.24, 2.45) is 0 Å². The van der Waals surface area contributed by atoms with Crippen LogP contribution in [0.4, 0.5) is 19.0 Å². The van der Waals surface area contributed by atoms with Crippen molar-refractivity contribution in [3.05, 3.63) is 29.6 Å². The number of aromatic nitrogens is 3. The Bertz CT molecular complexity index is 873. The Balaban J connectivity index is 1.93. The zero-order valence-corrected chi connectivity index (χ0v) is 15.9. The van der Waals surface area contributed by atoms with E-state index in [0.29, 0.717) is 17.8 Å². The lowest BCUT2D eigenvalue weighted by molar-refractivity contribution is -0.137. The second kappa shape index (κ2) is 7.80. The average Bonchev–Trinajstić information content (AvgIpc) is 3.08. The molecule has 3 rings (SSSR count). The normalized spacial score (nSPS) is 16.5. The number of anilines is 1. The molecule has 3 heterocycles. The molecule has 0 aliphatic carbocycles. The fourth-order valence-corrected chi connectivity index (χ4v) is 3.60. The quantitative estimate of drug-likeness (QED) is 0.800. The maximum absolute atomic E-state index is 13.2. The van der Waals surface area contributed by atoms with E-state index in [4.69, 9.17) is 11.0 Å². The summed E-state index contributed by atoms with van der Waals surface area (Å²) in [5.41, 5.74) is 6.22. The summed E-state index contributed by atoms with van der Waals surface area (Å²) < 4.78 is 41.4. The van der Waals surface area contributed by atoms with Gasteiger partial charge in [0.2, 0.25) is 0 Å². The van der Waals surface area contributed by atoms with Gasteiger partial charge < -0.3 is 5.73 Å². The van der Waals surface area contributed by atoms with Crippen LogP contribution in [0.25, 0.3) is 11.3 Å². The SMILES string of the molecule is CC(C)n1nc(-c2cnc(N)c(C(F)(F)F)c2)cc1C1CCN(CC#N)CC1. The molecule has 0 unspecified atom stereocenters. The lowest BCUT2D eigenvalue weighted by Gasteiger charge is -2.30. The number of nitrogens with zero attached hydrogens (tertiary/aromatic N) is 5. The zero-order chi connectivity index (χ0) is 20.5. The topological polar surface area (TPSA) is 83.8 Å². The molecular formula is C19H23F3N6. The number of pyridine rings is 1. The summed E-state index contributed by atoms with van der Waals surface area (Å²) in [7, 11) is 0. The first-order chi connectivity index (χ1) is 13.2. The fourth-order valence-electron chi connectivity index (χ4n) is 3.60. The number of nitrogen functional groups attached to an aromatic ring is 1. The van der Waals surface area contributed by atoms with Crippen LogP contribution in [0.3, 0.4) is 0 Å². The van der Waals surface area contributed by atoms with Crippen molar-refractivity contribution in [2.45, 2.75) is 44.8 Å². The minimum absolute atomic E-state index is 0.0738. The molecule has 0 saturated carbocycles. The van der Waals surface area contributed by atoms with Crippen molar-refractivity contribution in [3.63, 3.8) is 0 Å². The van der Waals surface area contributed by atoms with E-state index in [-0.39, 0.29) is 12.0 Å². The van der Waals surface area contributed by atoms with Gasteiger partial charge in [-0.15, -0.1) is 0 Å². The van der Waals surface area contributed by atoms with Gasteiger partial charge >= 0.3 is 6.18 Å². The van der Waals surface area contributed by atoms with Crippen LogP contribution in [0.1, 0.15) is 49.9 Å². The first kappa shape index (κ1) is 20.1. The first-order valence-electron chi connectivity index (χ1n) is 9.22. The molecule has 1 aliphatic rings. The van der Waals surface area contributed by atoms with Gasteiger partial charge in [-0.25, -0.2) is 4.98 Å². The maximum atomic E-state index is 13.2. The highest BCUT2D eigenvalue weighted by Crippen LogP contribution is 2.36. The van der Waals surface area contributed by atoms with Gasteiger partial charge in [-0.2, -0.15) is 23.5 Å². The van der Waals surface area contributed by atoms with Crippen molar-refractivity contribution in [1.29, 1.82) is 5.26 Å². The molecule has 0 atom stereocenters. The van der Waals surface area contributed by atoms with Gasteiger partial charge in [0.15, 0.2) is 0 Å². The van der Waals surface area contributed by atoms with Crippen LogP contribution in [-0.2, 0) is 6.18 Å². The van der Waals surface area contributed by atoms with E-state index >= 15 is 0 Å². The highest BCUT2D eigenvalue weighted by atomic mass is 19.4. The molecule has 28 heavy (non-hydrogen) atoms. The van der Waals surface area contributed by atoms with E-state index in [1.54, 1.807) is 0 Å². The maximum Gasteiger partial charge on any atom is 0.419 e. The van der Waals surface area contributed by atoms with Crippen LogP contribution in [0, 0.1) is 11.3 Å². The number of alkyl halides is 3. The lowest BCUT2D eigenvalue weighted by atomic mass is 9.92. The highest BCUT2D eigenvalue weighted by Gasteiger charge is 2.34. The molecule has 2 aromatic heterocycles. The van der Waals surface area contributed by atoms with E-state index in [1.165, 1.54) is 6.20 Å². The van der Waals surface area contributed by atoms with Crippen molar-refractivity contribution in [3.8, 4) is 17.3 Å². The zero-order valence-electron chi connectivity index (χ0n) is 15.9. The smallest absolute Gasteiger partial charge is 0.383 e. The number of nitrogens with two attached hydrogens (primary N) is 1. The first-order valence-corrected chi connectivity index (χ1v) is 9.22. The number of piperidine rings is 1. The molecule has 1 saturated heterocycles. The fraction of sp³-hybridized carbons (Fsp3) is 0.526. The Morgan fingerprint density at radius 1 is 1.29 bits per heavy atom. The molecule has 1 aliphatic heterocycles. The highest BCUT2D eigenvalue weighted by molar-refractivity contribution is 5.62. The van der Waals surface area contributed by atoms with Gasteiger partial charge in [0, 0.05) is 29.4 Å². The van der Waals surface area contributed by atoms with Crippen LogP contribution < -0.4 is 5.73 Å². The molecule has 0 radical (unpaired) electrons. The van der Waals surface area contributed by atoms with E-state index in [1.807, 2.05) is 24.6 Å². The molecule has 0 amide bonds. The molecule has 6 nitrogen and oxygen atoms in total. The number of hydrogen-bond donors (Lipinski definition) is 1. The summed E-state index contributed by atoms with van der Waals surface area (Å²) in [4.78, 5) is 5.82. The average molecular weight is 392 g/mol. The third kappa shape index (κ3) is 4.12. The Hall–Kier alpha value is -2.60. The monoisotopic (exact) mass is 392 g/mol. The van der Waals surface area contributed by atoms with Crippen molar-refractivity contribution in [1.82, 2.24) is 19.7 Å². The summed E-state index contributed by atoms with van der Waals surface area (Å²) in [6.45, 7) is 6.04. The summed E-state index contributed by atoms with van der Waals surface area (Å²) in [5, 5.41) is 13.4. The van der Waals surface area contributed by atoms with Crippen LogP contribution >= 0.6 is 0 Å². The van der Waals surface area contributed by atoms with Gasteiger partial charge in [-0.3, -0.25) is 9.58 Å². The van der Waals surface area contributed by atoms with Gasteiger partial charge in [0.05, 0.1) is 23.9 Å². The number of nitriles is 1. The Morgan fingerprint density at radius 2 is 1.96 bits per heavy atom. The van der Waals surface area contributed by atoms with Crippen LogP contribution in [0.2, 0.25) is 0 Å². The van der Waals surface area contributed by atoms with Crippen molar-refractivity contribution >= 4 is 5.82 Å². The van der Waals surface area contributed by atoms with Gasteiger partial charge in [0.25, 0.3) is 0 Å². The Kier molecular flexibility index (Phi) is 5.61. The Labute approximate surface area is 161 Å². The minimum atomic E-state index is -4.57. The molecule has 9 heteroatoms. The molecule has 0 bridgehead atoms. The second-order valence-corrected chi connectivity index (χ2v) is 7.36. The van der Waals surface area contributed by atoms with E-state index in [0.717, 1.165) is 37.7 Å². The third-order valence-corrected chi connectivity index (χ3v) is 5.07. The number of halogens is 3. The largest absolute Gasteiger partial charge is 0.419 e. The van der Waals surface area contributed by atoms with Crippen molar-refractivity contribution in [2.75, 3.05) is 25.4 Å². The Morgan fingerprint density at radius 3 is 2.54 bits per heavy atom. The van der Waals surface area contributed by atoms with Gasteiger partial charge in [-0.05, 0) is 51.9 Å². The lowest BCUT2D eigenvalue weighted by Crippen LogP contribution is -2.33. The molecule has 150 valence electrons. The molecule has 2 N–H and O–H groups in total. The molecule has 1 fully saturated rings. The summed E-state index contributed by atoms with van der Waals surface area (Å²) in [5.74, 6) is -0.285. The number of rotatable bonds is 4. The molecule has 2 aromatic rings. The molecule has 0 aromatic carbocycles. The van der Waals surface area contributed by atoms with Gasteiger partial charge in [0.1, 0.15) is 5.82 Å². The minimum Gasteiger partial charge on any atom is -0.383 e. The summed E-state index contributed by atoms with van der Waals surface area (Å²) in [6, 6.07) is 5.11. The standard InChI is InChI=1S/C19H23F3N6/c1-12(2)28-17(13-3-6-27(7-4-13)8-5-23)10-16(26-28)14-9-15(19(20,21)22)18(24)25-11-14/h9-13H,3-4,6-8H2,1-2H3,(H2,24,25). The number of likely N-dealkylation sites (tertiary alicyclic amines) is 1. The van der Waals surface area contributed by atoms with Crippen LogP contribution in [0.5, 0.6) is 0 Å². The van der Waals surface area contributed by atoms with Crippen LogP contribution in [0.15, 0.2) is 18.3 Å². The predicted octanol–water partition coefficient (Wildman–Crippen LogP) is 3.83. The van der Waals surface area contributed by atoms with E-state index in [2.05, 4.69) is 21.1 Å².